The minimum absolute atomic E-state index is 0.363. The zero-order valence-corrected chi connectivity index (χ0v) is 12.3. The molecule has 0 saturated carbocycles. The molecule has 0 spiro atoms. The highest BCUT2D eigenvalue weighted by Crippen LogP contribution is 2.18. The summed E-state index contributed by atoms with van der Waals surface area (Å²) in [5, 5.41) is 0. The lowest BCUT2D eigenvalue weighted by molar-refractivity contribution is 0.542. The molecule has 0 radical (unpaired) electrons. The van der Waals surface area contributed by atoms with E-state index in [1.165, 1.54) is 12.1 Å². The summed E-state index contributed by atoms with van der Waals surface area (Å²) in [6.07, 6.45) is 1.60. The van der Waals surface area contributed by atoms with Crippen LogP contribution >= 0.6 is 0 Å². The molecule has 0 fully saturated rings. The molecule has 0 unspecified atom stereocenters. The van der Waals surface area contributed by atoms with E-state index in [4.69, 9.17) is 0 Å². The normalized spacial score (nSPS) is 13.4. The zero-order valence-electron chi connectivity index (χ0n) is 11.4. The lowest BCUT2D eigenvalue weighted by Crippen LogP contribution is -2.28. The molecular weight excluding hydrogens is 281 g/mol. The van der Waals surface area contributed by atoms with Gasteiger partial charge in [-0.15, -0.1) is 0 Å². The van der Waals surface area contributed by atoms with Crippen LogP contribution in [0.5, 0.6) is 0 Å². The van der Waals surface area contributed by atoms with Crippen molar-refractivity contribution in [3.05, 3.63) is 47.3 Å². The highest BCUT2D eigenvalue weighted by molar-refractivity contribution is 7.89. The van der Waals surface area contributed by atoms with E-state index in [-0.39, 0.29) is 4.90 Å². The Morgan fingerprint density at radius 1 is 1.35 bits per heavy atom. The number of halogens is 1. The van der Waals surface area contributed by atoms with E-state index in [9.17, 15) is 12.8 Å². The Hall–Kier alpha value is -1.73. The Morgan fingerprint density at radius 2 is 2.05 bits per heavy atom. The summed E-state index contributed by atoms with van der Waals surface area (Å²) in [6.45, 7) is 5.15. The number of hydrogen-bond donors (Lipinski definition) is 2. The van der Waals surface area contributed by atoms with Gasteiger partial charge in [-0.2, -0.15) is 0 Å². The molecule has 108 valence electrons. The fourth-order valence-electron chi connectivity index (χ4n) is 1.83. The Balaban J connectivity index is 2.27. The predicted molar refractivity (Wildman–Crippen MR) is 73.2 cm³/mol. The van der Waals surface area contributed by atoms with Crippen molar-refractivity contribution in [2.24, 2.45) is 0 Å². The Kier molecular flexibility index (Phi) is 3.92. The molecule has 0 saturated heterocycles. The predicted octanol–water partition coefficient (Wildman–Crippen LogP) is 2.21. The van der Waals surface area contributed by atoms with E-state index in [1.807, 2.05) is 6.92 Å². The number of hydrogen-bond acceptors (Lipinski definition) is 3. The fraction of sp³-hybridized carbons (Fsp3) is 0.308. The van der Waals surface area contributed by atoms with Crippen molar-refractivity contribution in [1.82, 2.24) is 14.7 Å². The SMILES string of the molecule is Cc1ccc(S(=O)(=O)N[C@@H](C)c2ncc(C)[nH]2)c(F)c1. The first-order valence-electron chi connectivity index (χ1n) is 6.09. The number of benzene rings is 1. The molecule has 1 heterocycles. The second-order valence-electron chi connectivity index (χ2n) is 4.73. The molecule has 1 aromatic carbocycles. The third kappa shape index (κ3) is 3.05. The number of nitrogens with zero attached hydrogens (tertiary/aromatic N) is 1. The van der Waals surface area contributed by atoms with Crippen molar-refractivity contribution in [1.29, 1.82) is 0 Å². The van der Waals surface area contributed by atoms with Crippen LogP contribution < -0.4 is 4.72 Å². The average Bonchev–Trinajstić information content (AvgIpc) is 2.74. The van der Waals surface area contributed by atoms with Gasteiger partial charge in [0.25, 0.3) is 0 Å². The minimum atomic E-state index is -3.93. The molecule has 2 N–H and O–H groups in total. The van der Waals surface area contributed by atoms with Gasteiger partial charge in [0.1, 0.15) is 16.5 Å². The highest BCUT2D eigenvalue weighted by Gasteiger charge is 2.23. The number of sulfonamides is 1. The fourth-order valence-corrected chi connectivity index (χ4v) is 3.10. The molecule has 1 atom stereocenters. The van der Waals surface area contributed by atoms with Crippen LogP contribution in [0.3, 0.4) is 0 Å². The summed E-state index contributed by atoms with van der Waals surface area (Å²) < 4.78 is 40.5. The number of imidazole rings is 1. The molecule has 0 aliphatic carbocycles. The van der Waals surface area contributed by atoms with E-state index in [2.05, 4.69) is 14.7 Å². The topological polar surface area (TPSA) is 74.8 Å². The Labute approximate surface area is 117 Å². The van der Waals surface area contributed by atoms with Crippen molar-refractivity contribution in [3.63, 3.8) is 0 Å². The largest absolute Gasteiger partial charge is 0.345 e. The number of H-pyrrole nitrogens is 1. The maximum Gasteiger partial charge on any atom is 0.244 e. The molecule has 1 aromatic heterocycles. The zero-order chi connectivity index (χ0) is 14.9. The minimum Gasteiger partial charge on any atom is -0.345 e. The second kappa shape index (κ2) is 5.34. The monoisotopic (exact) mass is 297 g/mol. The van der Waals surface area contributed by atoms with E-state index >= 15 is 0 Å². The molecule has 2 rings (SSSR count). The van der Waals surface area contributed by atoms with Crippen LogP contribution in [0.25, 0.3) is 0 Å². The van der Waals surface area contributed by atoms with Gasteiger partial charge >= 0.3 is 0 Å². The van der Waals surface area contributed by atoms with Crippen LogP contribution in [-0.4, -0.2) is 18.4 Å². The summed E-state index contributed by atoms with van der Waals surface area (Å²) in [5.74, 6) is -0.279. The number of aromatic amines is 1. The van der Waals surface area contributed by atoms with Crippen molar-refractivity contribution >= 4 is 10.0 Å². The number of rotatable bonds is 4. The quantitative estimate of drug-likeness (QED) is 0.908. The molecule has 7 heteroatoms. The van der Waals surface area contributed by atoms with Gasteiger partial charge in [0, 0.05) is 11.9 Å². The molecule has 0 aliphatic rings. The van der Waals surface area contributed by atoms with Gasteiger partial charge < -0.3 is 4.98 Å². The van der Waals surface area contributed by atoms with Crippen LogP contribution in [0.15, 0.2) is 29.3 Å². The van der Waals surface area contributed by atoms with Gasteiger partial charge in [0.05, 0.1) is 6.04 Å². The van der Waals surface area contributed by atoms with Gasteiger partial charge in [-0.1, -0.05) is 6.07 Å². The lowest BCUT2D eigenvalue weighted by Gasteiger charge is -2.13. The van der Waals surface area contributed by atoms with Crippen LogP contribution in [0.2, 0.25) is 0 Å². The molecule has 0 bridgehead atoms. The van der Waals surface area contributed by atoms with Crippen LogP contribution in [-0.2, 0) is 10.0 Å². The number of nitrogens with one attached hydrogen (secondary N) is 2. The third-order valence-corrected chi connectivity index (χ3v) is 4.42. The summed E-state index contributed by atoms with van der Waals surface area (Å²) in [6, 6.07) is 3.43. The van der Waals surface area contributed by atoms with Gasteiger partial charge in [-0.05, 0) is 38.5 Å². The first kappa shape index (κ1) is 14.7. The van der Waals surface area contributed by atoms with E-state index in [1.54, 1.807) is 26.1 Å². The first-order valence-corrected chi connectivity index (χ1v) is 7.58. The van der Waals surface area contributed by atoms with E-state index in [0.717, 1.165) is 5.69 Å². The lowest BCUT2D eigenvalue weighted by atomic mass is 10.2. The summed E-state index contributed by atoms with van der Waals surface area (Å²) in [4.78, 5) is 6.63. The first-order chi connectivity index (χ1) is 9.29. The molecule has 0 amide bonds. The van der Waals surface area contributed by atoms with E-state index < -0.39 is 21.9 Å². The van der Waals surface area contributed by atoms with Crippen LogP contribution in [0, 0.1) is 19.7 Å². The number of aromatic nitrogens is 2. The molecular formula is C13H16FN3O2S. The average molecular weight is 297 g/mol. The maximum atomic E-state index is 13.8. The molecule has 20 heavy (non-hydrogen) atoms. The second-order valence-corrected chi connectivity index (χ2v) is 6.41. The molecule has 2 aromatic rings. The van der Waals surface area contributed by atoms with E-state index in [0.29, 0.717) is 11.4 Å². The van der Waals surface area contributed by atoms with Crippen molar-refractivity contribution in [3.8, 4) is 0 Å². The van der Waals surface area contributed by atoms with Gasteiger partial charge in [-0.3, -0.25) is 0 Å². The highest BCUT2D eigenvalue weighted by atomic mass is 32.2. The van der Waals surface area contributed by atoms with Crippen LogP contribution in [0.4, 0.5) is 4.39 Å². The van der Waals surface area contributed by atoms with Crippen molar-refractivity contribution in [2.45, 2.75) is 31.7 Å². The molecule has 0 aliphatic heterocycles. The van der Waals surface area contributed by atoms with Gasteiger partial charge in [0.2, 0.25) is 10.0 Å². The summed E-state index contributed by atoms with van der Waals surface area (Å²) >= 11 is 0. The van der Waals surface area contributed by atoms with Crippen LogP contribution in [0.1, 0.15) is 30.0 Å². The van der Waals surface area contributed by atoms with Crippen molar-refractivity contribution < 1.29 is 12.8 Å². The Morgan fingerprint density at radius 3 is 2.60 bits per heavy atom. The number of aryl methyl sites for hydroxylation is 2. The van der Waals surface area contributed by atoms with Gasteiger partial charge in [-0.25, -0.2) is 22.5 Å². The van der Waals surface area contributed by atoms with Crippen molar-refractivity contribution in [2.75, 3.05) is 0 Å². The maximum absolute atomic E-state index is 13.8. The molecule has 5 nitrogen and oxygen atoms in total. The van der Waals surface area contributed by atoms with Gasteiger partial charge in [0.15, 0.2) is 0 Å². The standard InChI is InChI=1S/C13H16FN3O2S/c1-8-4-5-12(11(14)6-8)20(18,19)17-10(3)13-15-7-9(2)16-13/h4-7,10,17H,1-3H3,(H,15,16)/t10-/m0/s1. The Bertz CT molecular complexity index is 725. The third-order valence-electron chi connectivity index (χ3n) is 2.84. The summed E-state index contributed by atoms with van der Waals surface area (Å²) in [7, 11) is -3.93. The smallest absolute Gasteiger partial charge is 0.244 e. The summed E-state index contributed by atoms with van der Waals surface area (Å²) in [5.41, 5.74) is 1.49.